The van der Waals surface area contributed by atoms with Crippen molar-refractivity contribution in [2.24, 2.45) is 0 Å². The summed E-state index contributed by atoms with van der Waals surface area (Å²) in [6.07, 6.45) is 2.53. The zero-order valence-electron chi connectivity index (χ0n) is 14.5. The van der Waals surface area contributed by atoms with Crippen LogP contribution >= 0.6 is 11.6 Å². The maximum Gasteiger partial charge on any atom is 0.137 e. The second kappa shape index (κ2) is 7.14. The third-order valence-electron chi connectivity index (χ3n) is 5.00. The van der Waals surface area contributed by atoms with E-state index in [0.717, 1.165) is 29.7 Å². The molecule has 1 unspecified atom stereocenters. The van der Waals surface area contributed by atoms with Gasteiger partial charge in [0.1, 0.15) is 5.82 Å². The molecule has 0 saturated carbocycles. The van der Waals surface area contributed by atoms with Crippen molar-refractivity contribution < 1.29 is 4.39 Å². The molecule has 0 N–H and O–H groups in total. The lowest BCUT2D eigenvalue weighted by Gasteiger charge is -2.19. The van der Waals surface area contributed by atoms with Crippen LogP contribution in [0.5, 0.6) is 0 Å². The van der Waals surface area contributed by atoms with Gasteiger partial charge in [0.2, 0.25) is 0 Å². The Morgan fingerprint density at radius 1 is 1.12 bits per heavy atom. The van der Waals surface area contributed by atoms with E-state index in [-0.39, 0.29) is 11.7 Å². The Balaban J connectivity index is 1.84. The van der Waals surface area contributed by atoms with E-state index in [9.17, 15) is 0 Å². The summed E-state index contributed by atoms with van der Waals surface area (Å²) in [5.41, 5.74) is 4.01. The lowest BCUT2D eigenvalue weighted by atomic mass is 9.85. The first-order valence-electron chi connectivity index (χ1n) is 8.67. The molecule has 132 valence electrons. The third-order valence-corrected chi connectivity index (χ3v) is 5.25. The molecule has 5 heteroatoms. The first-order valence-corrected chi connectivity index (χ1v) is 9.04. The largest absolute Gasteiger partial charge is 0.302 e. The van der Waals surface area contributed by atoms with Crippen LogP contribution in [-0.2, 0) is 6.54 Å². The molecular formula is C21H19ClFN3. The second-order valence-electron chi connectivity index (χ2n) is 6.73. The molecule has 4 rings (SSSR count). The summed E-state index contributed by atoms with van der Waals surface area (Å²) in [6, 6.07) is 15.3. The van der Waals surface area contributed by atoms with Gasteiger partial charge in [-0.25, -0.2) is 4.39 Å². The van der Waals surface area contributed by atoms with Crippen molar-refractivity contribution in [3.8, 4) is 11.3 Å². The zero-order chi connectivity index (χ0) is 18.1. The lowest BCUT2D eigenvalue weighted by molar-refractivity contribution is 0.324. The number of nitrogens with zero attached hydrogens (tertiary/aromatic N) is 3. The Bertz CT molecular complexity index is 913. The summed E-state index contributed by atoms with van der Waals surface area (Å²) in [5.74, 6) is -0.0478. The SMILES string of the molecule is CN1CCC(c2ccc(Cl)cc2)c2ccc(-c3cccnn3)c(F)c2C1. The van der Waals surface area contributed by atoms with Crippen molar-refractivity contribution >= 4 is 11.6 Å². The number of rotatable bonds is 2. The molecule has 1 atom stereocenters. The van der Waals surface area contributed by atoms with E-state index in [0.29, 0.717) is 22.8 Å². The maximum atomic E-state index is 15.4. The highest BCUT2D eigenvalue weighted by atomic mass is 35.5. The number of benzene rings is 2. The summed E-state index contributed by atoms with van der Waals surface area (Å²) in [4.78, 5) is 2.16. The maximum absolute atomic E-state index is 15.4. The van der Waals surface area contributed by atoms with Crippen LogP contribution in [0.3, 0.4) is 0 Å². The van der Waals surface area contributed by atoms with E-state index in [1.807, 2.05) is 43.4 Å². The standard InChI is InChI=1S/C21H19ClFN3/c1-26-12-10-16(14-4-6-15(22)7-5-14)17-8-9-18(21(23)19(17)13-26)20-3-2-11-24-25-20/h2-9,11,16H,10,12-13H2,1H3. The Morgan fingerprint density at radius 3 is 2.65 bits per heavy atom. The lowest BCUT2D eigenvalue weighted by Crippen LogP contribution is -2.18. The fourth-order valence-corrected chi connectivity index (χ4v) is 3.79. The van der Waals surface area contributed by atoms with Gasteiger partial charge in [-0.1, -0.05) is 29.8 Å². The van der Waals surface area contributed by atoms with Crippen LogP contribution in [0.15, 0.2) is 54.7 Å². The number of hydrogen-bond donors (Lipinski definition) is 0. The van der Waals surface area contributed by atoms with Crippen molar-refractivity contribution in [3.05, 3.63) is 82.3 Å². The van der Waals surface area contributed by atoms with Crippen molar-refractivity contribution in [1.82, 2.24) is 15.1 Å². The van der Waals surface area contributed by atoms with Gasteiger partial charge in [0.25, 0.3) is 0 Å². The molecule has 1 aliphatic rings. The molecule has 2 heterocycles. The Kier molecular flexibility index (Phi) is 4.70. The smallest absolute Gasteiger partial charge is 0.137 e. The van der Waals surface area contributed by atoms with Gasteiger partial charge in [0, 0.05) is 34.8 Å². The quantitative estimate of drug-likeness (QED) is 0.644. The molecule has 0 amide bonds. The Hall–Kier alpha value is -2.30. The molecule has 2 aromatic carbocycles. The molecule has 3 aromatic rings. The molecule has 0 spiro atoms. The summed E-state index contributed by atoms with van der Waals surface area (Å²) in [6.45, 7) is 1.49. The van der Waals surface area contributed by atoms with Gasteiger partial charge in [-0.2, -0.15) is 10.2 Å². The summed E-state index contributed by atoms with van der Waals surface area (Å²) in [7, 11) is 2.03. The average molecular weight is 368 g/mol. The topological polar surface area (TPSA) is 29.0 Å². The van der Waals surface area contributed by atoms with E-state index < -0.39 is 0 Å². The van der Waals surface area contributed by atoms with Gasteiger partial charge in [-0.3, -0.25) is 0 Å². The van der Waals surface area contributed by atoms with Gasteiger partial charge in [0.05, 0.1) is 5.69 Å². The molecule has 0 bridgehead atoms. The molecule has 0 fully saturated rings. The normalized spacial score (nSPS) is 17.6. The molecular weight excluding hydrogens is 349 g/mol. The number of fused-ring (bicyclic) bond motifs is 1. The predicted octanol–water partition coefficient (Wildman–Crippen LogP) is 4.90. The Labute approximate surface area is 157 Å². The van der Waals surface area contributed by atoms with E-state index in [1.54, 1.807) is 18.3 Å². The third kappa shape index (κ3) is 3.22. The fourth-order valence-electron chi connectivity index (χ4n) is 3.66. The summed E-state index contributed by atoms with van der Waals surface area (Å²) >= 11 is 6.04. The minimum atomic E-state index is -0.198. The minimum absolute atomic E-state index is 0.151. The monoisotopic (exact) mass is 367 g/mol. The first kappa shape index (κ1) is 17.1. The van der Waals surface area contributed by atoms with Gasteiger partial charge >= 0.3 is 0 Å². The van der Waals surface area contributed by atoms with Crippen LogP contribution in [0.1, 0.15) is 29.0 Å². The van der Waals surface area contributed by atoms with E-state index in [4.69, 9.17) is 11.6 Å². The van der Waals surface area contributed by atoms with Crippen LogP contribution < -0.4 is 0 Å². The van der Waals surface area contributed by atoms with Crippen molar-refractivity contribution in [2.75, 3.05) is 13.6 Å². The highest BCUT2D eigenvalue weighted by Gasteiger charge is 2.26. The fraction of sp³-hybridized carbons (Fsp3) is 0.238. The summed E-state index contributed by atoms with van der Waals surface area (Å²) in [5, 5.41) is 8.66. The molecule has 0 aliphatic carbocycles. The van der Waals surface area contributed by atoms with E-state index >= 15 is 4.39 Å². The highest BCUT2D eigenvalue weighted by molar-refractivity contribution is 6.30. The zero-order valence-corrected chi connectivity index (χ0v) is 15.2. The van der Waals surface area contributed by atoms with Crippen molar-refractivity contribution in [1.29, 1.82) is 0 Å². The molecule has 0 radical (unpaired) electrons. The molecule has 0 saturated heterocycles. The average Bonchev–Trinajstić information content (AvgIpc) is 2.83. The van der Waals surface area contributed by atoms with E-state index in [2.05, 4.69) is 15.1 Å². The minimum Gasteiger partial charge on any atom is -0.302 e. The summed E-state index contributed by atoms with van der Waals surface area (Å²) < 4.78 is 15.4. The highest BCUT2D eigenvalue weighted by Crippen LogP contribution is 2.37. The molecule has 1 aromatic heterocycles. The van der Waals surface area contributed by atoms with Crippen LogP contribution in [0.4, 0.5) is 4.39 Å². The number of aromatic nitrogens is 2. The number of hydrogen-bond acceptors (Lipinski definition) is 3. The van der Waals surface area contributed by atoms with Crippen LogP contribution in [0.2, 0.25) is 5.02 Å². The second-order valence-corrected chi connectivity index (χ2v) is 7.17. The predicted molar refractivity (Wildman–Crippen MR) is 102 cm³/mol. The van der Waals surface area contributed by atoms with Gasteiger partial charge in [0.15, 0.2) is 0 Å². The molecule has 1 aliphatic heterocycles. The van der Waals surface area contributed by atoms with Crippen molar-refractivity contribution in [3.63, 3.8) is 0 Å². The molecule has 3 nitrogen and oxygen atoms in total. The van der Waals surface area contributed by atoms with Crippen LogP contribution in [0, 0.1) is 5.82 Å². The van der Waals surface area contributed by atoms with Gasteiger partial charge in [-0.05, 0) is 61.5 Å². The van der Waals surface area contributed by atoms with E-state index in [1.165, 1.54) is 0 Å². The van der Waals surface area contributed by atoms with Crippen LogP contribution in [0.25, 0.3) is 11.3 Å². The van der Waals surface area contributed by atoms with Crippen LogP contribution in [-0.4, -0.2) is 28.7 Å². The number of halogens is 2. The van der Waals surface area contributed by atoms with Gasteiger partial charge in [-0.15, -0.1) is 0 Å². The first-order chi connectivity index (χ1) is 12.6. The Morgan fingerprint density at radius 2 is 1.92 bits per heavy atom. The van der Waals surface area contributed by atoms with Gasteiger partial charge < -0.3 is 4.90 Å². The molecule has 26 heavy (non-hydrogen) atoms. The van der Waals surface area contributed by atoms with Crippen molar-refractivity contribution in [2.45, 2.75) is 18.9 Å².